The molecule has 1 aromatic rings. The fourth-order valence-corrected chi connectivity index (χ4v) is 1.34. The molecule has 1 unspecified atom stereocenters. The van der Waals surface area contributed by atoms with E-state index < -0.39 is 0 Å². The molecule has 0 bridgehead atoms. The molecule has 2 nitrogen and oxygen atoms in total. The molecule has 1 heterocycles. The number of hydrogen-bond donors (Lipinski definition) is 0. The van der Waals surface area contributed by atoms with Gasteiger partial charge in [0.25, 0.3) is 0 Å². The zero-order valence-corrected chi connectivity index (χ0v) is 7.47. The smallest absolute Gasteiger partial charge is 0.126 e. The van der Waals surface area contributed by atoms with E-state index in [4.69, 9.17) is 21.1 Å². The molecule has 0 aromatic heterocycles. The van der Waals surface area contributed by atoms with E-state index in [-0.39, 0.29) is 6.10 Å². The van der Waals surface area contributed by atoms with E-state index in [1.807, 2.05) is 12.1 Å². The van der Waals surface area contributed by atoms with E-state index in [9.17, 15) is 0 Å². The zero-order chi connectivity index (χ0) is 8.55. The highest BCUT2D eigenvalue weighted by Crippen LogP contribution is 2.37. The quantitative estimate of drug-likeness (QED) is 0.659. The molecule has 1 saturated heterocycles. The Morgan fingerprint density at radius 1 is 1.58 bits per heavy atom. The van der Waals surface area contributed by atoms with Crippen LogP contribution in [-0.2, 0) is 4.74 Å². The van der Waals surface area contributed by atoms with Crippen molar-refractivity contribution in [2.75, 3.05) is 13.7 Å². The van der Waals surface area contributed by atoms with Crippen LogP contribution in [0.1, 0.15) is 11.7 Å². The minimum Gasteiger partial charge on any atom is -0.496 e. The fourth-order valence-electron chi connectivity index (χ4n) is 1.18. The summed E-state index contributed by atoms with van der Waals surface area (Å²) in [7, 11) is 1.64. The Kier molecular flexibility index (Phi) is 1.95. The van der Waals surface area contributed by atoms with Gasteiger partial charge in [-0.15, -0.1) is 0 Å². The van der Waals surface area contributed by atoms with E-state index in [0.717, 1.165) is 17.9 Å². The van der Waals surface area contributed by atoms with Crippen LogP contribution in [0.25, 0.3) is 0 Å². The van der Waals surface area contributed by atoms with Crippen LogP contribution in [0.5, 0.6) is 5.75 Å². The van der Waals surface area contributed by atoms with E-state index in [0.29, 0.717) is 5.02 Å². The lowest BCUT2D eigenvalue weighted by Crippen LogP contribution is -1.89. The number of rotatable bonds is 2. The first kappa shape index (κ1) is 7.90. The third kappa shape index (κ3) is 1.40. The summed E-state index contributed by atoms with van der Waals surface area (Å²) in [5.74, 6) is 0.810. The molecule has 64 valence electrons. The van der Waals surface area contributed by atoms with Crippen LogP contribution < -0.4 is 4.74 Å². The molecule has 2 rings (SSSR count). The first-order valence-corrected chi connectivity index (χ1v) is 4.14. The van der Waals surface area contributed by atoms with E-state index in [1.54, 1.807) is 13.2 Å². The lowest BCUT2D eigenvalue weighted by molar-refractivity contribution is 0.383. The van der Waals surface area contributed by atoms with Gasteiger partial charge in [0.1, 0.15) is 11.9 Å². The molecule has 0 saturated carbocycles. The average Bonchev–Trinajstić information content (AvgIpc) is 2.87. The Morgan fingerprint density at radius 2 is 2.33 bits per heavy atom. The third-order valence-corrected chi connectivity index (χ3v) is 2.11. The average molecular weight is 185 g/mol. The molecule has 0 amide bonds. The van der Waals surface area contributed by atoms with Crippen LogP contribution in [0, 0.1) is 0 Å². The molecule has 1 fully saturated rings. The maximum Gasteiger partial charge on any atom is 0.126 e. The largest absolute Gasteiger partial charge is 0.496 e. The highest BCUT2D eigenvalue weighted by molar-refractivity contribution is 6.30. The summed E-state index contributed by atoms with van der Waals surface area (Å²) >= 11 is 5.80. The minimum absolute atomic E-state index is 0.220. The van der Waals surface area contributed by atoms with Crippen LogP contribution in [0.15, 0.2) is 18.2 Å². The first-order chi connectivity index (χ1) is 5.81. The lowest BCUT2D eigenvalue weighted by Gasteiger charge is -2.05. The van der Waals surface area contributed by atoms with Gasteiger partial charge in [-0.25, -0.2) is 0 Å². The van der Waals surface area contributed by atoms with Gasteiger partial charge in [-0.1, -0.05) is 17.7 Å². The van der Waals surface area contributed by atoms with Gasteiger partial charge in [-0.05, 0) is 12.1 Å². The van der Waals surface area contributed by atoms with Crippen molar-refractivity contribution in [2.45, 2.75) is 6.10 Å². The highest BCUT2D eigenvalue weighted by Gasteiger charge is 2.27. The SMILES string of the molecule is COc1cc(Cl)ccc1C1CO1. The second-order valence-electron chi connectivity index (χ2n) is 2.71. The van der Waals surface area contributed by atoms with Gasteiger partial charge < -0.3 is 9.47 Å². The van der Waals surface area contributed by atoms with Crippen molar-refractivity contribution < 1.29 is 9.47 Å². The monoisotopic (exact) mass is 184 g/mol. The second-order valence-corrected chi connectivity index (χ2v) is 3.14. The Hall–Kier alpha value is -0.730. The molecular weight excluding hydrogens is 176 g/mol. The van der Waals surface area contributed by atoms with E-state index in [1.165, 1.54) is 0 Å². The van der Waals surface area contributed by atoms with Crippen molar-refractivity contribution in [1.82, 2.24) is 0 Å². The predicted molar refractivity (Wildman–Crippen MR) is 46.7 cm³/mol. The second kappa shape index (κ2) is 2.96. The third-order valence-electron chi connectivity index (χ3n) is 1.88. The van der Waals surface area contributed by atoms with Crippen molar-refractivity contribution >= 4 is 11.6 Å². The molecule has 0 spiro atoms. The van der Waals surface area contributed by atoms with Crippen LogP contribution in [0.2, 0.25) is 5.02 Å². The maximum atomic E-state index is 5.80. The van der Waals surface area contributed by atoms with Gasteiger partial charge in [0.15, 0.2) is 0 Å². The Morgan fingerprint density at radius 3 is 2.92 bits per heavy atom. The van der Waals surface area contributed by atoms with Crippen molar-refractivity contribution in [3.05, 3.63) is 28.8 Å². The summed E-state index contributed by atoms with van der Waals surface area (Å²) in [5.41, 5.74) is 1.09. The molecule has 0 N–H and O–H groups in total. The van der Waals surface area contributed by atoms with Crippen LogP contribution in [0.3, 0.4) is 0 Å². The number of methoxy groups -OCH3 is 1. The van der Waals surface area contributed by atoms with Crippen molar-refractivity contribution in [1.29, 1.82) is 0 Å². The highest BCUT2D eigenvalue weighted by atomic mass is 35.5. The van der Waals surface area contributed by atoms with Crippen LogP contribution in [-0.4, -0.2) is 13.7 Å². The fraction of sp³-hybridized carbons (Fsp3) is 0.333. The maximum absolute atomic E-state index is 5.80. The number of epoxide rings is 1. The molecule has 3 heteroatoms. The Bertz CT molecular complexity index is 295. The molecule has 1 atom stereocenters. The number of benzene rings is 1. The normalized spacial score (nSPS) is 20.7. The first-order valence-electron chi connectivity index (χ1n) is 3.76. The van der Waals surface area contributed by atoms with Gasteiger partial charge in [0, 0.05) is 10.6 Å². The van der Waals surface area contributed by atoms with Gasteiger partial charge in [0.2, 0.25) is 0 Å². The summed E-state index contributed by atoms with van der Waals surface area (Å²) in [6.45, 7) is 0.790. The molecule has 0 radical (unpaired) electrons. The molecule has 0 aliphatic carbocycles. The standard InChI is InChI=1S/C9H9ClO2/c1-11-8-4-6(10)2-3-7(8)9-5-12-9/h2-4,9H,5H2,1H3. The van der Waals surface area contributed by atoms with Gasteiger partial charge in [0.05, 0.1) is 13.7 Å². The molecule has 1 aliphatic heterocycles. The number of ether oxygens (including phenoxy) is 2. The van der Waals surface area contributed by atoms with E-state index in [2.05, 4.69) is 0 Å². The van der Waals surface area contributed by atoms with Gasteiger partial charge in [-0.3, -0.25) is 0 Å². The van der Waals surface area contributed by atoms with Gasteiger partial charge >= 0.3 is 0 Å². The van der Waals surface area contributed by atoms with Crippen molar-refractivity contribution in [3.8, 4) is 5.75 Å². The summed E-state index contributed by atoms with van der Waals surface area (Å²) in [6.07, 6.45) is 0.220. The Labute approximate surface area is 76.1 Å². The Balaban J connectivity index is 2.38. The molecular formula is C9H9ClO2. The van der Waals surface area contributed by atoms with E-state index >= 15 is 0 Å². The number of halogens is 1. The summed E-state index contributed by atoms with van der Waals surface area (Å²) in [6, 6.07) is 5.60. The molecule has 1 aromatic carbocycles. The van der Waals surface area contributed by atoms with Gasteiger partial charge in [-0.2, -0.15) is 0 Å². The van der Waals surface area contributed by atoms with Crippen molar-refractivity contribution in [2.24, 2.45) is 0 Å². The summed E-state index contributed by atoms with van der Waals surface area (Å²) < 4.78 is 10.3. The minimum atomic E-state index is 0.220. The summed E-state index contributed by atoms with van der Waals surface area (Å²) in [5, 5.41) is 0.691. The lowest BCUT2D eigenvalue weighted by atomic mass is 10.1. The zero-order valence-electron chi connectivity index (χ0n) is 6.71. The molecule has 12 heavy (non-hydrogen) atoms. The molecule has 1 aliphatic rings. The van der Waals surface area contributed by atoms with Crippen LogP contribution in [0.4, 0.5) is 0 Å². The topological polar surface area (TPSA) is 21.8 Å². The predicted octanol–water partition coefficient (Wildman–Crippen LogP) is 2.42. The van der Waals surface area contributed by atoms with Crippen LogP contribution >= 0.6 is 11.6 Å². The summed E-state index contributed by atoms with van der Waals surface area (Å²) in [4.78, 5) is 0. The number of hydrogen-bond acceptors (Lipinski definition) is 2. The van der Waals surface area contributed by atoms with Crippen molar-refractivity contribution in [3.63, 3.8) is 0 Å².